The second-order valence-corrected chi connectivity index (χ2v) is 8.66. The molecule has 0 spiro atoms. The Hall–Kier alpha value is -3.03. The van der Waals surface area contributed by atoms with Crippen LogP contribution in [0.4, 0.5) is 10.1 Å². The number of benzene rings is 3. The van der Waals surface area contributed by atoms with Gasteiger partial charge >= 0.3 is 0 Å². The molecule has 0 bridgehead atoms. The molecule has 4 aromatic rings. The molecular formula is C25H22BrFN4O. The lowest BCUT2D eigenvalue weighted by Gasteiger charge is -2.39. The molecule has 5 rings (SSSR count). The Labute approximate surface area is 194 Å². The molecule has 1 aliphatic rings. The number of rotatable bonds is 5. The topological polar surface area (TPSA) is 45.4 Å². The second-order valence-electron chi connectivity index (χ2n) is 7.74. The zero-order valence-electron chi connectivity index (χ0n) is 17.4. The Bertz CT molecular complexity index is 1170. The van der Waals surface area contributed by atoms with E-state index in [1.54, 1.807) is 6.07 Å². The van der Waals surface area contributed by atoms with Crippen molar-refractivity contribution in [2.45, 2.75) is 6.04 Å². The van der Waals surface area contributed by atoms with Gasteiger partial charge in [0.1, 0.15) is 11.9 Å². The predicted molar refractivity (Wildman–Crippen MR) is 126 cm³/mol. The normalized spacial score (nSPS) is 15.6. The lowest BCUT2D eigenvalue weighted by Crippen LogP contribution is -2.48. The Kier molecular flexibility index (Phi) is 6.01. The minimum absolute atomic E-state index is 0.171. The number of hydrogen-bond acceptors (Lipinski definition) is 5. The van der Waals surface area contributed by atoms with Gasteiger partial charge in [-0.15, -0.1) is 10.2 Å². The highest BCUT2D eigenvalue weighted by atomic mass is 79.9. The van der Waals surface area contributed by atoms with E-state index in [1.807, 2.05) is 54.6 Å². The van der Waals surface area contributed by atoms with Gasteiger partial charge in [-0.05, 0) is 42.0 Å². The van der Waals surface area contributed by atoms with Gasteiger partial charge in [0.25, 0.3) is 0 Å². The maximum Gasteiger partial charge on any atom is 0.247 e. The van der Waals surface area contributed by atoms with E-state index in [0.29, 0.717) is 30.6 Å². The van der Waals surface area contributed by atoms with Gasteiger partial charge in [-0.1, -0.05) is 58.4 Å². The predicted octanol–water partition coefficient (Wildman–Crippen LogP) is 5.55. The highest BCUT2D eigenvalue weighted by Gasteiger charge is 2.31. The zero-order valence-corrected chi connectivity index (χ0v) is 19.0. The third-order valence-electron chi connectivity index (χ3n) is 5.75. The van der Waals surface area contributed by atoms with E-state index in [2.05, 4.69) is 48.1 Å². The molecule has 7 heteroatoms. The molecule has 0 aliphatic carbocycles. The van der Waals surface area contributed by atoms with Gasteiger partial charge in [0.05, 0.1) is 5.69 Å². The van der Waals surface area contributed by atoms with Gasteiger partial charge < -0.3 is 9.32 Å². The molecule has 1 aliphatic heterocycles. The third-order valence-corrected chi connectivity index (χ3v) is 6.28. The van der Waals surface area contributed by atoms with E-state index in [1.165, 1.54) is 6.07 Å². The van der Waals surface area contributed by atoms with Crippen LogP contribution in [0.3, 0.4) is 0 Å². The van der Waals surface area contributed by atoms with E-state index < -0.39 is 0 Å². The molecule has 0 radical (unpaired) electrons. The van der Waals surface area contributed by atoms with E-state index in [-0.39, 0.29) is 11.9 Å². The third kappa shape index (κ3) is 4.31. The van der Waals surface area contributed by atoms with Gasteiger partial charge in [0.2, 0.25) is 11.8 Å². The van der Waals surface area contributed by atoms with Crippen molar-refractivity contribution in [3.63, 3.8) is 0 Å². The number of anilines is 1. The highest BCUT2D eigenvalue weighted by Crippen LogP contribution is 2.32. The summed E-state index contributed by atoms with van der Waals surface area (Å²) in [5.41, 5.74) is 2.62. The van der Waals surface area contributed by atoms with Crippen LogP contribution in [0.1, 0.15) is 17.5 Å². The van der Waals surface area contributed by atoms with Crippen LogP contribution in [0.25, 0.3) is 11.5 Å². The Balaban J connectivity index is 1.42. The molecule has 3 aromatic carbocycles. The number of para-hydroxylation sites is 1. The second kappa shape index (κ2) is 9.22. The Morgan fingerprint density at radius 3 is 2.22 bits per heavy atom. The minimum atomic E-state index is -0.185. The number of piperazine rings is 1. The number of aromatic nitrogens is 2. The van der Waals surface area contributed by atoms with Crippen molar-refractivity contribution in [3.05, 3.63) is 101 Å². The average molecular weight is 493 g/mol. The van der Waals surface area contributed by atoms with Gasteiger partial charge in [0, 0.05) is 36.2 Å². The fourth-order valence-electron chi connectivity index (χ4n) is 4.13. The SMILES string of the molecule is Fc1ccccc1N1CCN([C@@H](c2ccc(Br)cc2)c2nnc(-c3ccccc3)o2)CC1. The first-order chi connectivity index (χ1) is 15.7. The Morgan fingerprint density at radius 2 is 1.50 bits per heavy atom. The summed E-state index contributed by atoms with van der Waals surface area (Å²) in [4.78, 5) is 4.41. The molecule has 2 heterocycles. The maximum atomic E-state index is 14.3. The van der Waals surface area contributed by atoms with Crippen LogP contribution in [0.2, 0.25) is 0 Å². The fourth-order valence-corrected chi connectivity index (χ4v) is 4.39. The standard InChI is InChI=1S/C25H22BrFN4O/c26-20-12-10-18(11-13-20)23(25-29-28-24(32-25)19-6-2-1-3-7-19)31-16-14-30(15-17-31)22-9-5-4-8-21(22)27/h1-13,23H,14-17H2/t23-/m0/s1. The zero-order chi connectivity index (χ0) is 21.9. The monoisotopic (exact) mass is 492 g/mol. The number of nitrogens with zero attached hydrogens (tertiary/aromatic N) is 4. The summed E-state index contributed by atoms with van der Waals surface area (Å²) in [6.07, 6.45) is 0. The van der Waals surface area contributed by atoms with E-state index in [9.17, 15) is 4.39 Å². The van der Waals surface area contributed by atoms with Crippen LogP contribution >= 0.6 is 15.9 Å². The van der Waals surface area contributed by atoms with Crippen molar-refractivity contribution < 1.29 is 8.81 Å². The molecule has 0 N–H and O–H groups in total. The first-order valence-corrected chi connectivity index (χ1v) is 11.4. The van der Waals surface area contributed by atoms with Crippen molar-refractivity contribution in [2.75, 3.05) is 31.1 Å². The van der Waals surface area contributed by atoms with E-state index in [0.717, 1.165) is 28.7 Å². The summed E-state index contributed by atoms with van der Waals surface area (Å²) in [7, 11) is 0. The molecule has 0 unspecified atom stereocenters. The van der Waals surface area contributed by atoms with Gasteiger partial charge in [-0.3, -0.25) is 4.90 Å². The summed E-state index contributed by atoms with van der Waals surface area (Å²) in [6, 6.07) is 24.7. The smallest absolute Gasteiger partial charge is 0.247 e. The molecule has 162 valence electrons. The van der Waals surface area contributed by atoms with Crippen LogP contribution in [0.15, 0.2) is 87.8 Å². The molecule has 0 saturated carbocycles. The van der Waals surface area contributed by atoms with E-state index in [4.69, 9.17) is 4.42 Å². The van der Waals surface area contributed by atoms with Gasteiger partial charge in [-0.25, -0.2) is 4.39 Å². The van der Waals surface area contributed by atoms with Crippen LogP contribution in [-0.4, -0.2) is 41.3 Å². The molecule has 1 aromatic heterocycles. The van der Waals surface area contributed by atoms with Gasteiger partial charge in [-0.2, -0.15) is 0 Å². The summed E-state index contributed by atoms with van der Waals surface area (Å²) < 4.78 is 21.4. The van der Waals surface area contributed by atoms with Crippen molar-refractivity contribution >= 4 is 21.6 Å². The molecule has 1 atom stereocenters. The Morgan fingerprint density at radius 1 is 0.812 bits per heavy atom. The molecule has 1 saturated heterocycles. The molecule has 5 nitrogen and oxygen atoms in total. The summed E-state index contributed by atoms with van der Waals surface area (Å²) >= 11 is 3.51. The fraction of sp³-hybridized carbons (Fsp3) is 0.200. The maximum absolute atomic E-state index is 14.3. The lowest BCUT2D eigenvalue weighted by molar-refractivity contribution is 0.187. The minimum Gasteiger partial charge on any atom is -0.419 e. The van der Waals surface area contributed by atoms with Crippen LogP contribution in [-0.2, 0) is 0 Å². The number of halogens is 2. The molecular weight excluding hydrogens is 471 g/mol. The van der Waals surface area contributed by atoms with Crippen molar-refractivity contribution in [1.29, 1.82) is 0 Å². The largest absolute Gasteiger partial charge is 0.419 e. The van der Waals surface area contributed by atoms with Gasteiger partial charge in [0.15, 0.2) is 0 Å². The summed E-state index contributed by atoms with van der Waals surface area (Å²) in [6.45, 7) is 2.93. The summed E-state index contributed by atoms with van der Waals surface area (Å²) in [5.74, 6) is 0.882. The first-order valence-electron chi connectivity index (χ1n) is 10.6. The summed E-state index contributed by atoms with van der Waals surface area (Å²) in [5, 5.41) is 8.72. The average Bonchev–Trinajstić information content (AvgIpc) is 3.32. The van der Waals surface area contributed by atoms with Crippen LogP contribution in [0.5, 0.6) is 0 Å². The number of hydrogen-bond donors (Lipinski definition) is 0. The van der Waals surface area contributed by atoms with Crippen molar-refractivity contribution in [3.8, 4) is 11.5 Å². The molecule has 0 amide bonds. The molecule has 1 fully saturated rings. The van der Waals surface area contributed by atoms with Crippen LogP contribution < -0.4 is 4.90 Å². The quantitative estimate of drug-likeness (QED) is 0.365. The van der Waals surface area contributed by atoms with E-state index >= 15 is 0 Å². The van der Waals surface area contributed by atoms with Crippen LogP contribution in [0, 0.1) is 5.82 Å². The highest BCUT2D eigenvalue weighted by molar-refractivity contribution is 9.10. The molecule has 32 heavy (non-hydrogen) atoms. The lowest BCUT2D eigenvalue weighted by atomic mass is 10.0. The van der Waals surface area contributed by atoms with Crippen molar-refractivity contribution in [2.24, 2.45) is 0 Å². The van der Waals surface area contributed by atoms with Crippen molar-refractivity contribution in [1.82, 2.24) is 15.1 Å². The first kappa shape index (κ1) is 20.8.